The molecule has 0 radical (unpaired) electrons. The number of hydrogen-bond acceptors (Lipinski definition) is 3. The van der Waals surface area contributed by atoms with Gasteiger partial charge >= 0.3 is 5.97 Å². The molecule has 178 valence electrons. The predicted molar refractivity (Wildman–Crippen MR) is 133 cm³/mol. The van der Waals surface area contributed by atoms with Crippen molar-refractivity contribution in [2.45, 2.75) is 109 Å². The molecule has 0 aliphatic carbocycles. The molecule has 1 aromatic carbocycles. The van der Waals surface area contributed by atoms with E-state index in [-0.39, 0.29) is 24.1 Å². The first-order valence-corrected chi connectivity index (χ1v) is 12.9. The van der Waals surface area contributed by atoms with Crippen molar-refractivity contribution in [2.75, 3.05) is 0 Å². The fraction of sp³-hybridized carbons (Fsp3) is 0.621. The van der Waals surface area contributed by atoms with Crippen molar-refractivity contribution in [1.29, 1.82) is 0 Å². The molecule has 1 N–H and O–H groups in total. The number of benzene rings is 1. The summed E-state index contributed by atoms with van der Waals surface area (Å²) in [5.74, 6) is -0.222. The number of cyclic esters (lactones) is 1. The van der Waals surface area contributed by atoms with Gasteiger partial charge in [0.15, 0.2) is 0 Å². The number of rotatable bonds is 18. The molecule has 1 aromatic rings. The zero-order valence-corrected chi connectivity index (χ0v) is 20.1. The minimum atomic E-state index is -0.371. The maximum Gasteiger partial charge on any atom is 0.313 e. The van der Waals surface area contributed by atoms with Crippen LogP contribution in [0.5, 0.6) is 0 Å². The summed E-state index contributed by atoms with van der Waals surface area (Å²) >= 11 is 0. The molecule has 0 unspecified atom stereocenters. The Hall–Kier alpha value is -1.87. The number of hydrogen-bond donors (Lipinski definition) is 1. The van der Waals surface area contributed by atoms with Crippen LogP contribution in [0.1, 0.15) is 96.0 Å². The van der Waals surface area contributed by atoms with Gasteiger partial charge in [0.05, 0.1) is 12.0 Å². The van der Waals surface area contributed by atoms with E-state index in [9.17, 15) is 9.90 Å². The Morgan fingerprint density at radius 3 is 2.25 bits per heavy atom. The summed E-state index contributed by atoms with van der Waals surface area (Å²) in [4.78, 5) is 11.8. The van der Waals surface area contributed by atoms with Crippen molar-refractivity contribution in [3.8, 4) is 0 Å². The van der Waals surface area contributed by atoms with Crippen molar-refractivity contribution in [3.63, 3.8) is 0 Å². The van der Waals surface area contributed by atoms with Crippen LogP contribution in [0.3, 0.4) is 0 Å². The molecule has 1 aliphatic rings. The molecule has 32 heavy (non-hydrogen) atoms. The van der Waals surface area contributed by atoms with E-state index in [1.54, 1.807) is 0 Å². The minimum absolute atomic E-state index is 0.100. The second kappa shape index (κ2) is 16.7. The van der Waals surface area contributed by atoms with Crippen molar-refractivity contribution >= 4 is 5.97 Å². The molecule has 3 nitrogen and oxygen atoms in total. The highest BCUT2D eigenvalue weighted by Crippen LogP contribution is 2.30. The Morgan fingerprint density at radius 2 is 1.56 bits per heavy atom. The molecule has 0 spiro atoms. The zero-order valence-electron chi connectivity index (χ0n) is 20.1. The fourth-order valence-corrected chi connectivity index (χ4v) is 4.27. The molecule has 0 amide bonds. The topological polar surface area (TPSA) is 46.5 Å². The molecular formula is C29H44O3. The van der Waals surface area contributed by atoms with Gasteiger partial charge in [0.2, 0.25) is 0 Å². The minimum Gasteiger partial charge on any atom is -0.461 e. The molecule has 1 heterocycles. The number of ether oxygens (including phenoxy) is 1. The smallest absolute Gasteiger partial charge is 0.313 e. The van der Waals surface area contributed by atoms with Gasteiger partial charge in [-0.05, 0) is 50.5 Å². The van der Waals surface area contributed by atoms with E-state index < -0.39 is 0 Å². The van der Waals surface area contributed by atoms with Gasteiger partial charge in [0, 0.05) is 6.42 Å². The monoisotopic (exact) mass is 440 g/mol. The molecular weight excluding hydrogens is 396 g/mol. The van der Waals surface area contributed by atoms with E-state index in [1.807, 2.05) is 30.3 Å². The molecule has 1 fully saturated rings. The maximum absolute atomic E-state index is 11.8. The third kappa shape index (κ3) is 11.1. The summed E-state index contributed by atoms with van der Waals surface area (Å²) in [5, 5.41) is 10.4. The van der Waals surface area contributed by atoms with Gasteiger partial charge in [-0.2, -0.15) is 0 Å². The summed E-state index contributed by atoms with van der Waals surface area (Å²) in [6.07, 6.45) is 24.1. The predicted octanol–water partition coefficient (Wildman–Crippen LogP) is 7.34. The Kier molecular flexibility index (Phi) is 13.8. The Balaban J connectivity index is 1.43. The number of carbonyl (C=O) groups is 1. The Bertz CT molecular complexity index is 664. The molecule has 2 rings (SSSR count). The lowest BCUT2D eigenvalue weighted by Crippen LogP contribution is -2.47. The van der Waals surface area contributed by atoms with Gasteiger partial charge in [-0.15, -0.1) is 0 Å². The average Bonchev–Trinajstić information content (AvgIpc) is 2.80. The normalized spacial score (nSPS) is 19.4. The quantitative estimate of drug-likeness (QED) is 0.148. The first kappa shape index (κ1) is 26.4. The van der Waals surface area contributed by atoms with Crippen LogP contribution in [0, 0.1) is 5.92 Å². The first-order chi connectivity index (χ1) is 15.7. The summed E-state index contributed by atoms with van der Waals surface area (Å²) < 4.78 is 5.31. The SMILES string of the molecule is CCCCC/C=C\C/C=C\CCCCCCC[C@@H](O)C[C@@H]1OC(=O)[C@H]1Cc1ccccc1. The number of esters is 1. The highest BCUT2D eigenvalue weighted by molar-refractivity contribution is 5.78. The molecule has 1 aliphatic heterocycles. The molecule has 1 saturated heterocycles. The average molecular weight is 441 g/mol. The van der Waals surface area contributed by atoms with Crippen LogP contribution < -0.4 is 0 Å². The van der Waals surface area contributed by atoms with E-state index in [4.69, 9.17) is 4.74 Å². The lowest BCUT2D eigenvalue weighted by atomic mass is 9.86. The van der Waals surface area contributed by atoms with Crippen LogP contribution in [0.2, 0.25) is 0 Å². The summed E-state index contributed by atoms with van der Waals surface area (Å²) in [6.45, 7) is 2.24. The van der Waals surface area contributed by atoms with E-state index in [0.29, 0.717) is 12.8 Å². The van der Waals surface area contributed by atoms with Crippen LogP contribution in [0.25, 0.3) is 0 Å². The highest BCUT2D eigenvalue weighted by Gasteiger charge is 2.42. The van der Waals surface area contributed by atoms with Crippen LogP contribution in [0.15, 0.2) is 54.6 Å². The van der Waals surface area contributed by atoms with Gasteiger partial charge in [-0.1, -0.05) is 100 Å². The van der Waals surface area contributed by atoms with E-state index in [2.05, 4.69) is 31.2 Å². The number of aliphatic hydroxyl groups excluding tert-OH is 1. The van der Waals surface area contributed by atoms with E-state index >= 15 is 0 Å². The van der Waals surface area contributed by atoms with E-state index in [1.165, 1.54) is 57.8 Å². The first-order valence-electron chi connectivity index (χ1n) is 12.9. The van der Waals surface area contributed by atoms with Gasteiger partial charge in [-0.3, -0.25) is 4.79 Å². The van der Waals surface area contributed by atoms with Crippen molar-refractivity contribution in [2.24, 2.45) is 5.92 Å². The number of unbranched alkanes of at least 4 members (excludes halogenated alkanes) is 8. The van der Waals surface area contributed by atoms with Crippen molar-refractivity contribution < 1.29 is 14.6 Å². The second-order valence-electron chi connectivity index (χ2n) is 9.18. The molecule has 3 heteroatoms. The van der Waals surface area contributed by atoms with Gasteiger partial charge in [0.25, 0.3) is 0 Å². The van der Waals surface area contributed by atoms with Gasteiger partial charge in [-0.25, -0.2) is 0 Å². The number of carbonyl (C=O) groups excluding carboxylic acids is 1. The van der Waals surface area contributed by atoms with Crippen LogP contribution in [-0.4, -0.2) is 23.3 Å². The highest BCUT2D eigenvalue weighted by atomic mass is 16.6. The van der Waals surface area contributed by atoms with Crippen LogP contribution in [-0.2, 0) is 16.0 Å². The fourth-order valence-electron chi connectivity index (χ4n) is 4.27. The largest absolute Gasteiger partial charge is 0.461 e. The van der Waals surface area contributed by atoms with Crippen LogP contribution in [0.4, 0.5) is 0 Å². The lowest BCUT2D eigenvalue weighted by Gasteiger charge is -2.36. The summed E-state index contributed by atoms with van der Waals surface area (Å²) in [5.41, 5.74) is 1.15. The second-order valence-corrected chi connectivity index (χ2v) is 9.18. The summed E-state index contributed by atoms with van der Waals surface area (Å²) in [6, 6.07) is 10.1. The number of allylic oxidation sites excluding steroid dienone is 4. The van der Waals surface area contributed by atoms with Crippen LogP contribution >= 0.6 is 0 Å². The van der Waals surface area contributed by atoms with E-state index in [0.717, 1.165) is 24.8 Å². The lowest BCUT2D eigenvalue weighted by molar-refractivity contribution is -0.187. The molecule has 0 aromatic heterocycles. The summed E-state index contributed by atoms with van der Waals surface area (Å²) in [7, 11) is 0. The Labute approximate surface area is 196 Å². The Morgan fingerprint density at radius 1 is 0.906 bits per heavy atom. The zero-order chi connectivity index (χ0) is 22.9. The van der Waals surface area contributed by atoms with Gasteiger partial charge < -0.3 is 9.84 Å². The molecule has 0 bridgehead atoms. The molecule has 0 saturated carbocycles. The van der Waals surface area contributed by atoms with Crippen molar-refractivity contribution in [1.82, 2.24) is 0 Å². The standard InChI is InChI=1S/C29H44O3/c1-2-3-4-5-6-7-8-9-10-11-12-13-14-15-19-22-26(30)24-28-27(29(31)32-28)23-25-20-17-16-18-21-25/h6-7,9-10,16-18,20-21,26-28,30H,2-5,8,11-15,19,22-24H2,1H3/b7-6-,10-9-/t26-,27+,28+/m1/s1. The number of aliphatic hydroxyl groups is 1. The maximum atomic E-state index is 11.8. The third-order valence-corrected chi connectivity index (χ3v) is 6.31. The van der Waals surface area contributed by atoms with Gasteiger partial charge in [0.1, 0.15) is 6.10 Å². The molecule has 3 atom stereocenters. The van der Waals surface area contributed by atoms with Crippen molar-refractivity contribution in [3.05, 3.63) is 60.2 Å². The third-order valence-electron chi connectivity index (χ3n) is 6.31.